The molecule has 148 valence electrons. The molecule has 0 amide bonds. The smallest absolute Gasteiger partial charge is 0.243 e. The fourth-order valence-electron chi connectivity index (χ4n) is 3.81. The van der Waals surface area contributed by atoms with E-state index >= 15 is 0 Å². The molecule has 0 spiro atoms. The zero-order chi connectivity index (χ0) is 18.3. The lowest BCUT2D eigenvalue weighted by Gasteiger charge is -2.31. The highest BCUT2D eigenvalue weighted by molar-refractivity contribution is 7.89. The maximum atomic E-state index is 13.3. The molecule has 1 aromatic heterocycles. The largest absolute Gasteiger partial charge is 0.312 e. The van der Waals surface area contributed by atoms with Gasteiger partial charge in [0.05, 0.1) is 11.4 Å². The van der Waals surface area contributed by atoms with Crippen LogP contribution in [0, 0.1) is 12.7 Å². The summed E-state index contributed by atoms with van der Waals surface area (Å²) in [5.41, 5.74) is 0.436. The average molecular weight is 416 g/mol. The third kappa shape index (κ3) is 3.73. The zero-order valence-electron chi connectivity index (χ0n) is 15.1. The first-order chi connectivity index (χ1) is 12.5. The number of nitrogens with zero attached hydrogens (tertiary/aromatic N) is 4. The van der Waals surface area contributed by atoms with Gasteiger partial charge >= 0.3 is 0 Å². The number of halogens is 2. The summed E-state index contributed by atoms with van der Waals surface area (Å²) in [6.45, 7) is 4.97. The van der Waals surface area contributed by atoms with Crippen molar-refractivity contribution in [1.82, 2.24) is 24.4 Å². The van der Waals surface area contributed by atoms with Crippen LogP contribution in [0.1, 0.15) is 36.0 Å². The van der Waals surface area contributed by atoms with Gasteiger partial charge in [0.25, 0.3) is 0 Å². The lowest BCUT2D eigenvalue weighted by atomic mass is 9.97. The van der Waals surface area contributed by atoms with E-state index < -0.39 is 15.8 Å². The molecular weight excluding hydrogens is 393 g/mol. The van der Waals surface area contributed by atoms with Gasteiger partial charge in [-0.25, -0.2) is 12.8 Å². The van der Waals surface area contributed by atoms with E-state index in [9.17, 15) is 12.8 Å². The van der Waals surface area contributed by atoms with Crippen LogP contribution in [0.4, 0.5) is 4.39 Å². The van der Waals surface area contributed by atoms with E-state index in [1.165, 1.54) is 22.5 Å². The van der Waals surface area contributed by atoms with Crippen LogP contribution < -0.4 is 5.32 Å². The number of aryl methyl sites for hydroxylation is 1. The Bertz CT molecular complexity index is 925. The van der Waals surface area contributed by atoms with Crippen molar-refractivity contribution in [2.75, 3.05) is 19.6 Å². The molecule has 1 aromatic carbocycles. The second-order valence-electron chi connectivity index (χ2n) is 6.89. The van der Waals surface area contributed by atoms with Crippen LogP contribution in [0.2, 0.25) is 0 Å². The van der Waals surface area contributed by atoms with Gasteiger partial charge < -0.3 is 9.88 Å². The van der Waals surface area contributed by atoms with E-state index in [1.807, 2.05) is 0 Å². The molecular formula is C17H23ClFN5O2S. The minimum Gasteiger partial charge on any atom is -0.312 e. The van der Waals surface area contributed by atoms with Gasteiger partial charge in [-0.05, 0) is 43.5 Å². The first kappa shape index (κ1) is 20.2. The van der Waals surface area contributed by atoms with Gasteiger partial charge in [-0.3, -0.25) is 0 Å². The summed E-state index contributed by atoms with van der Waals surface area (Å²) in [7, 11) is -3.61. The van der Waals surface area contributed by atoms with Crippen molar-refractivity contribution < 1.29 is 12.8 Å². The lowest BCUT2D eigenvalue weighted by molar-refractivity contribution is 0.307. The van der Waals surface area contributed by atoms with Crippen molar-refractivity contribution in [3.8, 4) is 0 Å². The fourth-order valence-corrected chi connectivity index (χ4v) is 5.49. The molecule has 10 heteroatoms. The molecule has 4 rings (SSSR count). The molecule has 1 saturated heterocycles. The van der Waals surface area contributed by atoms with E-state index in [4.69, 9.17) is 0 Å². The van der Waals surface area contributed by atoms with Crippen molar-refractivity contribution in [3.05, 3.63) is 41.2 Å². The Kier molecular flexibility index (Phi) is 5.85. The highest BCUT2D eigenvalue weighted by Gasteiger charge is 2.33. The standard InChI is InChI=1S/C17H22FN5O2S.ClH/c1-12-10-14(18)2-3-15(12)26(24,25)22-7-4-13(5-8-22)17-21-20-16-11-19-6-9-23(16)17;/h2-3,10,13,19H,4-9,11H2,1H3;1H. The van der Waals surface area contributed by atoms with Crippen molar-refractivity contribution in [2.24, 2.45) is 0 Å². The minimum atomic E-state index is -3.61. The number of aromatic nitrogens is 3. The van der Waals surface area contributed by atoms with Crippen LogP contribution in [0.25, 0.3) is 0 Å². The summed E-state index contributed by atoms with van der Waals surface area (Å²) < 4.78 is 42.8. The van der Waals surface area contributed by atoms with Gasteiger partial charge in [-0.2, -0.15) is 4.31 Å². The quantitative estimate of drug-likeness (QED) is 0.827. The molecule has 0 unspecified atom stereocenters. The Morgan fingerprint density at radius 3 is 2.63 bits per heavy atom. The Morgan fingerprint density at radius 2 is 1.93 bits per heavy atom. The molecule has 0 radical (unpaired) electrons. The molecule has 0 bridgehead atoms. The van der Waals surface area contributed by atoms with Gasteiger partial charge in [0.1, 0.15) is 17.5 Å². The second kappa shape index (κ2) is 7.83. The van der Waals surface area contributed by atoms with Gasteiger partial charge in [-0.1, -0.05) is 0 Å². The maximum Gasteiger partial charge on any atom is 0.243 e. The monoisotopic (exact) mass is 415 g/mol. The molecule has 0 atom stereocenters. The first-order valence-electron chi connectivity index (χ1n) is 8.86. The molecule has 1 N–H and O–H groups in total. The van der Waals surface area contributed by atoms with Crippen LogP contribution >= 0.6 is 12.4 Å². The molecule has 1 fully saturated rings. The molecule has 7 nitrogen and oxygen atoms in total. The molecule has 0 aliphatic carbocycles. The van der Waals surface area contributed by atoms with Crippen LogP contribution in [-0.2, 0) is 23.1 Å². The summed E-state index contributed by atoms with van der Waals surface area (Å²) in [5.74, 6) is 1.71. The summed E-state index contributed by atoms with van der Waals surface area (Å²) in [6.07, 6.45) is 1.43. The predicted molar refractivity (Wildman–Crippen MR) is 101 cm³/mol. The number of benzene rings is 1. The van der Waals surface area contributed by atoms with E-state index in [-0.39, 0.29) is 23.2 Å². The van der Waals surface area contributed by atoms with Crippen molar-refractivity contribution >= 4 is 22.4 Å². The van der Waals surface area contributed by atoms with E-state index in [1.54, 1.807) is 6.92 Å². The molecule has 27 heavy (non-hydrogen) atoms. The summed E-state index contributed by atoms with van der Waals surface area (Å²) in [5, 5.41) is 11.9. The SMILES string of the molecule is Cc1cc(F)ccc1S(=O)(=O)N1CCC(c2nnc3n2CCNC3)CC1.Cl. The maximum absolute atomic E-state index is 13.3. The van der Waals surface area contributed by atoms with Crippen molar-refractivity contribution in [1.29, 1.82) is 0 Å². The number of fused-ring (bicyclic) bond motifs is 1. The minimum absolute atomic E-state index is 0. The third-order valence-electron chi connectivity index (χ3n) is 5.23. The Labute approximate surface area is 164 Å². The number of nitrogens with one attached hydrogen (secondary N) is 1. The molecule has 2 aromatic rings. The van der Waals surface area contributed by atoms with Crippen molar-refractivity contribution in [2.45, 2.75) is 43.7 Å². The first-order valence-corrected chi connectivity index (χ1v) is 10.3. The van der Waals surface area contributed by atoms with Crippen LogP contribution in [0.3, 0.4) is 0 Å². The number of rotatable bonds is 3. The second-order valence-corrected chi connectivity index (χ2v) is 8.80. The normalized spacial score (nSPS) is 18.7. The Morgan fingerprint density at radius 1 is 1.19 bits per heavy atom. The molecule has 3 heterocycles. The van der Waals surface area contributed by atoms with Gasteiger partial charge in [-0.15, -0.1) is 22.6 Å². The summed E-state index contributed by atoms with van der Waals surface area (Å²) in [6, 6.07) is 3.81. The number of piperidine rings is 1. The van der Waals surface area contributed by atoms with E-state index in [0.29, 0.717) is 31.5 Å². The molecule has 0 saturated carbocycles. The third-order valence-corrected chi connectivity index (χ3v) is 7.28. The summed E-state index contributed by atoms with van der Waals surface area (Å²) in [4.78, 5) is 0.184. The number of hydrogen-bond acceptors (Lipinski definition) is 5. The number of hydrogen-bond donors (Lipinski definition) is 1. The highest BCUT2D eigenvalue weighted by Crippen LogP contribution is 2.31. The van der Waals surface area contributed by atoms with Crippen molar-refractivity contribution in [3.63, 3.8) is 0 Å². The Hall–Kier alpha value is -1.55. The molecule has 2 aliphatic heterocycles. The zero-order valence-corrected chi connectivity index (χ0v) is 16.7. The van der Waals surface area contributed by atoms with Gasteiger partial charge in [0.15, 0.2) is 0 Å². The van der Waals surface area contributed by atoms with Crippen LogP contribution in [-0.4, -0.2) is 47.1 Å². The average Bonchev–Trinajstić information content (AvgIpc) is 3.05. The van der Waals surface area contributed by atoms with Crippen LogP contribution in [0.5, 0.6) is 0 Å². The van der Waals surface area contributed by atoms with Gasteiger partial charge in [0, 0.05) is 32.1 Å². The lowest BCUT2D eigenvalue weighted by Crippen LogP contribution is -2.39. The van der Waals surface area contributed by atoms with Gasteiger partial charge in [0.2, 0.25) is 10.0 Å². The van der Waals surface area contributed by atoms with Crippen LogP contribution in [0.15, 0.2) is 23.1 Å². The van der Waals surface area contributed by atoms with E-state index in [0.717, 1.165) is 31.3 Å². The molecule has 2 aliphatic rings. The fraction of sp³-hybridized carbons (Fsp3) is 0.529. The highest BCUT2D eigenvalue weighted by atomic mass is 35.5. The van der Waals surface area contributed by atoms with E-state index in [2.05, 4.69) is 20.1 Å². The Balaban J connectivity index is 0.00000210. The topological polar surface area (TPSA) is 80.1 Å². The predicted octanol–water partition coefficient (Wildman–Crippen LogP) is 1.82. The summed E-state index contributed by atoms with van der Waals surface area (Å²) >= 11 is 0. The number of sulfonamides is 1.